The van der Waals surface area contributed by atoms with Gasteiger partial charge in [0.15, 0.2) is 0 Å². The highest BCUT2D eigenvalue weighted by atomic mass is 16.6. The molecule has 0 aliphatic carbocycles. The first-order valence-corrected chi connectivity index (χ1v) is 7.48. The fraction of sp³-hybridized carbons (Fsp3) is 0.235. The maximum Gasteiger partial charge on any atom is 0.270 e. The van der Waals surface area contributed by atoms with Gasteiger partial charge in [-0.25, -0.2) is 4.98 Å². The minimum absolute atomic E-state index is 0.0187. The summed E-state index contributed by atoms with van der Waals surface area (Å²) in [7, 11) is 0. The Morgan fingerprint density at radius 1 is 1.22 bits per heavy atom. The van der Waals surface area contributed by atoms with Crippen molar-refractivity contribution in [1.29, 1.82) is 0 Å². The van der Waals surface area contributed by atoms with Crippen LogP contribution in [0.4, 0.5) is 11.5 Å². The van der Waals surface area contributed by atoms with Crippen LogP contribution in [0.25, 0.3) is 21.7 Å². The maximum absolute atomic E-state index is 11.0. The Labute approximate surface area is 132 Å². The molecular weight excluding hydrogens is 294 g/mol. The first-order valence-electron chi connectivity index (χ1n) is 7.48. The second-order valence-electron chi connectivity index (χ2n) is 5.40. The van der Waals surface area contributed by atoms with Gasteiger partial charge in [-0.2, -0.15) is 0 Å². The molecule has 0 saturated heterocycles. The minimum atomic E-state index is -0.404. The van der Waals surface area contributed by atoms with Gasteiger partial charge in [-0.15, -0.1) is 0 Å². The number of rotatable bonds is 5. The molecule has 1 aromatic heterocycles. The van der Waals surface area contributed by atoms with Gasteiger partial charge in [0.25, 0.3) is 5.69 Å². The van der Waals surface area contributed by atoms with Crippen molar-refractivity contribution in [3.63, 3.8) is 0 Å². The van der Waals surface area contributed by atoms with Crippen molar-refractivity contribution < 1.29 is 10.0 Å². The van der Waals surface area contributed by atoms with E-state index in [9.17, 15) is 15.2 Å². The molecule has 0 fully saturated rings. The van der Waals surface area contributed by atoms with Gasteiger partial charge in [-0.05, 0) is 17.9 Å². The average molecular weight is 311 g/mol. The van der Waals surface area contributed by atoms with E-state index in [1.807, 2.05) is 31.2 Å². The van der Waals surface area contributed by atoms with Crippen molar-refractivity contribution >= 4 is 33.2 Å². The Balaban J connectivity index is 2.25. The lowest BCUT2D eigenvalue weighted by atomic mass is 10.0. The summed E-state index contributed by atoms with van der Waals surface area (Å²) in [6.07, 6.45) is 0.769. The lowest BCUT2D eigenvalue weighted by Gasteiger charge is -2.17. The highest BCUT2D eigenvalue weighted by Gasteiger charge is 2.14. The van der Waals surface area contributed by atoms with Crippen molar-refractivity contribution in [2.24, 2.45) is 0 Å². The van der Waals surface area contributed by atoms with Crippen molar-refractivity contribution in [2.45, 2.75) is 19.4 Å². The van der Waals surface area contributed by atoms with Crippen LogP contribution in [0.5, 0.6) is 0 Å². The lowest BCUT2D eigenvalue weighted by Crippen LogP contribution is -2.23. The van der Waals surface area contributed by atoms with Crippen LogP contribution in [0.1, 0.15) is 13.3 Å². The molecule has 2 aromatic carbocycles. The SMILES string of the molecule is CCC(CO)Nc1nc2ccc([N+](=O)[O-])cc2c2ccccc12. The van der Waals surface area contributed by atoms with Gasteiger partial charge in [0.2, 0.25) is 0 Å². The van der Waals surface area contributed by atoms with Crippen LogP contribution in [0.3, 0.4) is 0 Å². The molecule has 0 aliphatic rings. The zero-order chi connectivity index (χ0) is 16.4. The smallest absolute Gasteiger partial charge is 0.270 e. The molecule has 23 heavy (non-hydrogen) atoms. The van der Waals surface area contributed by atoms with Crippen LogP contribution >= 0.6 is 0 Å². The molecule has 6 heteroatoms. The number of hydrogen-bond acceptors (Lipinski definition) is 5. The summed E-state index contributed by atoms with van der Waals surface area (Å²) in [6.45, 7) is 2.01. The van der Waals surface area contributed by atoms with E-state index in [4.69, 9.17) is 0 Å². The second kappa shape index (κ2) is 6.18. The number of non-ortho nitro benzene ring substituents is 1. The van der Waals surface area contributed by atoms with E-state index in [2.05, 4.69) is 10.3 Å². The summed E-state index contributed by atoms with van der Waals surface area (Å²) in [4.78, 5) is 15.2. The summed E-state index contributed by atoms with van der Waals surface area (Å²) < 4.78 is 0. The number of aliphatic hydroxyl groups excluding tert-OH is 1. The Hall–Kier alpha value is -2.73. The molecule has 2 N–H and O–H groups in total. The highest BCUT2D eigenvalue weighted by molar-refractivity contribution is 6.10. The van der Waals surface area contributed by atoms with Crippen molar-refractivity contribution in [3.8, 4) is 0 Å². The molecule has 0 aliphatic heterocycles. The van der Waals surface area contributed by atoms with Crippen LogP contribution in [-0.2, 0) is 0 Å². The molecule has 1 unspecified atom stereocenters. The zero-order valence-electron chi connectivity index (χ0n) is 12.7. The van der Waals surface area contributed by atoms with Gasteiger partial charge < -0.3 is 10.4 Å². The number of fused-ring (bicyclic) bond motifs is 3. The number of nitrogens with zero attached hydrogens (tertiary/aromatic N) is 2. The van der Waals surface area contributed by atoms with E-state index < -0.39 is 4.92 Å². The molecule has 6 nitrogen and oxygen atoms in total. The quantitative estimate of drug-likeness (QED) is 0.428. The fourth-order valence-corrected chi connectivity index (χ4v) is 2.64. The first-order chi connectivity index (χ1) is 11.1. The molecule has 0 amide bonds. The third-order valence-corrected chi connectivity index (χ3v) is 3.95. The second-order valence-corrected chi connectivity index (χ2v) is 5.40. The number of pyridine rings is 1. The summed E-state index contributed by atoms with van der Waals surface area (Å²) in [5.41, 5.74) is 0.733. The monoisotopic (exact) mass is 311 g/mol. The van der Waals surface area contributed by atoms with Crippen LogP contribution in [-0.4, -0.2) is 27.7 Å². The topological polar surface area (TPSA) is 88.3 Å². The molecular formula is C17H17N3O3. The zero-order valence-corrected chi connectivity index (χ0v) is 12.7. The van der Waals surface area contributed by atoms with Crippen LogP contribution in [0.2, 0.25) is 0 Å². The van der Waals surface area contributed by atoms with E-state index in [-0.39, 0.29) is 18.3 Å². The van der Waals surface area contributed by atoms with Gasteiger partial charge in [0.1, 0.15) is 5.82 Å². The fourth-order valence-electron chi connectivity index (χ4n) is 2.64. The Bertz CT molecular complexity index is 875. The maximum atomic E-state index is 11.0. The van der Waals surface area contributed by atoms with Gasteiger partial charge in [-0.3, -0.25) is 10.1 Å². The van der Waals surface area contributed by atoms with E-state index in [1.165, 1.54) is 6.07 Å². The van der Waals surface area contributed by atoms with Crippen molar-refractivity contribution in [3.05, 3.63) is 52.6 Å². The van der Waals surface area contributed by atoms with E-state index in [0.29, 0.717) is 11.3 Å². The third kappa shape index (κ3) is 2.80. The standard InChI is InChI=1S/C17H17N3O3/c1-2-11(10-21)18-17-14-6-4-3-5-13(14)15-9-12(20(22)23)7-8-16(15)19-17/h3-9,11,21H,2,10H2,1H3,(H,18,19). The number of aromatic nitrogens is 1. The number of hydrogen-bond donors (Lipinski definition) is 2. The minimum Gasteiger partial charge on any atom is -0.394 e. The molecule has 118 valence electrons. The summed E-state index contributed by atoms with van der Waals surface area (Å²) >= 11 is 0. The predicted molar refractivity (Wildman–Crippen MR) is 90.7 cm³/mol. The molecule has 1 heterocycles. The molecule has 0 bridgehead atoms. The third-order valence-electron chi connectivity index (χ3n) is 3.95. The molecule has 0 spiro atoms. The van der Waals surface area contributed by atoms with E-state index in [1.54, 1.807) is 12.1 Å². The molecule has 3 aromatic rings. The van der Waals surface area contributed by atoms with E-state index in [0.717, 1.165) is 22.6 Å². The summed E-state index contributed by atoms with van der Waals surface area (Å²) in [6, 6.07) is 12.2. The van der Waals surface area contributed by atoms with Gasteiger partial charge in [-0.1, -0.05) is 31.2 Å². The largest absolute Gasteiger partial charge is 0.394 e. The normalized spacial score (nSPS) is 12.4. The average Bonchev–Trinajstić information content (AvgIpc) is 2.59. The van der Waals surface area contributed by atoms with Crippen molar-refractivity contribution in [2.75, 3.05) is 11.9 Å². The van der Waals surface area contributed by atoms with Crippen LogP contribution in [0, 0.1) is 10.1 Å². The Kier molecular flexibility index (Phi) is 4.08. The molecule has 1 atom stereocenters. The highest BCUT2D eigenvalue weighted by Crippen LogP contribution is 2.31. The molecule has 3 rings (SSSR count). The summed E-state index contributed by atoms with van der Waals surface area (Å²) in [5, 5.41) is 26.2. The number of benzene rings is 2. The van der Waals surface area contributed by atoms with Crippen LogP contribution < -0.4 is 5.32 Å². The van der Waals surface area contributed by atoms with Gasteiger partial charge in [0, 0.05) is 22.9 Å². The Morgan fingerprint density at radius 2 is 1.96 bits per heavy atom. The number of nitro benzene ring substituents is 1. The number of aliphatic hydroxyl groups is 1. The lowest BCUT2D eigenvalue weighted by molar-refractivity contribution is -0.384. The predicted octanol–water partition coefficient (Wildman–Crippen LogP) is 3.48. The Morgan fingerprint density at radius 3 is 2.61 bits per heavy atom. The van der Waals surface area contributed by atoms with E-state index >= 15 is 0 Å². The molecule has 0 saturated carbocycles. The van der Waals surface area contributed by atoms with Crippen molar-refractivity contribution in [1.82, 2.24) is 4.98 Å². The van der Waals surface area contributed by atoms with Crippen LogP contribution in [0.15, 0.2) is 42.5 Å². The summed E-state index contributed by atoms with van der Waals surface area (Å²) in [5.74, 6) is 0.683. The number of anilines is 1. The van der Waals surface area contributed by atoms with Gasteiger partial charge in [0.05, 0.1) is 23.1 Å². The number of nitro groups is 1. The first kappa shape index (κ1) is 15.2. The number of nitrogens with one attached hydrogen (secondary N) is 1. The van der Waals surface area contributed by atoms with Gasteiger partial charge >= 0.3 is 0 Å². The molecule has 0 radical (unpaired) electrons.